The predicted molar refractivity (Wildman–Crippen MR) is 99.1 cm³/mol. The quantitative estimate of drug-likeness (QED) is 0.823. The highest BCUT2D eigenvalue weighted by atomic mass is 32.2. The van der Waals surface area contributed by atoms with Crippen LogP contribution in [0.2, 0.25) is 0 Å². The third kappa shape index (κ3) is 4.30. The number of sulfonamides is 1. The van der Waals surface area contributed by atoms with Crippen LogP contribution in [0.1, 0.15) is 35.7 Å². The Balaban J connectivity index is 2.42. The number of nitrogens with zero attached hydrogens (tertiary/aromatic N) is 1. The standard InChI is InChI=1S/C18H22N2O4S/c1-12(2)13-5-8-15(9-6-13)25(23,24)19-16-11-14(18(21)22)7-10-17(16)20(3)4/h5-12,19H,1-4H3,(H,21,22). The fraction of sp³-hybridized carbons (Fsp3) is 0.278. The van der Waals surface area contributed by atoms with Gasteiger partial charge in [0.2, 0.25) is 0 Å². The second kappa shape index (κ2) is 7.14. The van der Waals surface area contributed by atoms with Crippen LogP contribution in [-0.4, -0.2) is 33.6 Å². The maximum atomic E-state index is 12.7. The zero-order valence-corrected chi connectivity index (χ0v) is 15.5. The Kier molecular flexibility index (Phi) is 5.37. The number of hydrogen-bond donors (Lipinski definition) is 2. The van der Waals surface area contributed by atoms with Crippen molar-refractivity contribution in [1.29, 1.82) is 0 Å². The Morgan fingerprint density at radius 3 is 2.16 bits per heavy atom. The minimum Gasteiger partial charge on any atom is -0.478 e. The van der Waals surface area contributed by atoms with Crippen LogP contribution in [-0.2, 0) is 10.0 Å². The summed E-state index contributed by atoms with van der Waals surface area (Å²) in [6, 6.07) is 11.0. The maximum absolute atomic E-state index is 12.7. The van der Waals surface area contributed by atoms with Gasteiger partial charge in [-0.05, 0) is 41.8 Å². The van der Waals surface area contributed by atoms with Crippen molar-refractivity contribution in [3.63, 3.8) is 0 Å². The molecule has 0 radical (unpaired) electrons. The highest BCUT2D eigenvalue weighted by molar-refractivity contribution is 7.92. The molecule has 2 aromatic rings. The molecular weight excluding hydrogens is 340 g/mol. The molecule has 0 aliphatic rings. The lowest BCUT2D eigenvalue weighted by atomic mass is 10.0. The van der Waals surface area contributed by atoms with E-state index in [1.165, 1.54) is 12.1 Å². The van der Waals surface area contributed by atoms with Crippen molar-refractivity contribution in [2.45, 2.75) is 24.7 Å². The third-order valence-electron chi connectivity index (χ3n) is 3.83. The number of carboxylic acid groups (broad SMARTS) is 1. The zero-order valence-electron chi connectivity index (χ0n) is 14.6. The highest BCUT2D eigenvalue weighted by Crippen LogP contribution is 2.28. The van der Waals surface area contributed by atoms with E-state index in [0.717, 1.165) is 5.56 Å². The summed E-state index contributed by atoms with van der Waals surface area (Å²) in [5.74, 6) is -0.815. The van der Waals surface area contributed by atoms with E-state index in [1.807, 2.05) is 13.8 Å². The van der Waals surface area contributed by atoms with Gasteiger partial charge in [0.15, 0.2) is 0 Å². The number of carboxylic acids is 1. The average molecular weight is 362 g/mol. The Morgan fingerprint density at radius 1 is 1.08 bits per heavy atom. The van der Waals surface area contributed by atoms with Gasteiger partial charge in [0.1, 0.15) is 0 Å². The van der Waals surface area contributed by atoms with E-state index < -0.39 is 16.0 Å². The van der Waals surface area contributed by atoms with Gasteiger partial charge in [-0.3, -0.25) is 4.72 Å². The molecule has 0 heterocycles. The first-order valence-electron chi connectivity index (χ1n) is 7.79. The molecule has 0 amide bonds. The number of hydrogen-bond acceptors (Lipinski definition) is 4. The third-order valence-corrected chi connectivity index (χ3v) is 5.21. The smallest absolute Gasteiger partial charge is 0.335 e. The van der Waals surface area contributed by atoms with Gasteiger partial charge in [-0.1, -0.05) is 26.0 Å². The van der Waals surface area contributed by atoms with Crippen LogP contribution in [0.5, 0.6) is 0 Å². The first-order valence-corrected chi connectivity index (χ1v) is 9.27. The summed E-state index contributed by atoms with van der Waals surface area (Å²) in [5, 5.41) is 9.15. The van der Waals surface area contributed by atoms with E-state index in [0.29, 0.717) is 11.6 Å². The lowest BCUT2D eigenvalue weighted by Crippen LogP contribution is -2.18. The summed E-state index contributed by atoms with van der Waals surface area (Å²) < 4.78 is 27.8. The molecule has 0 aromatic heterocycles. The van der Waals surface area contributed by atoms with Crippen molar-refractivity contribution in [2.75, 3.05) is 23.7 Å². The molecule has 0 saturated carbocycles. The van der Waals surface area contributed by atoms with Crippen molar-refractivity contribution in [2.24, 2.45) is 0 Å². The van der Waals surface area contributed by atoms with Crippen LogP contribution in [0.25, 0.3) is 0 Å². The van der Waals surface area contributed by atoms with E-state index in [4.69, 9.17) is 5.11 Å². The van der Waals surface area contributed by atoms with Crippen molar-refractivity contribution in [3.05, 3.63) is 53.6 Å². The van der Waals surface area contributed by atoms with E-state index >= 15 is 0 Å². The van der Waals surface area contributed by atoms with E-state index in [2.05, 4.69) is 4.72 Å². The zero-order chi connectivity index (χ0) is 18.8. The van der Waals surface area contributed by atoms with Crippen molar-refractivity contribution >= 4 is 27.4 Å². The minimum atomic E-state index is -3.82. The molecule has 0 bridgehead atoms. The van der Waals surface area contributed by atoms with Crippen LogP contribution in [0.15, 0.2) is 47.4 Å². The van der Waals surface area contributed by atoms with Gasteiger partial charge in [-0.15, -0.1) is 0 Å². The molecule has 2 N–H and O–H groups in total. The topological polar surface area (TPSA) is 86.7 Å². The molecule has 2 rings (SSSR count). The largest absolute Gasteiger partial charge is 0.478 e. The molecule has 0 spiro atoms. The summed E-state index contributed by atoms with van der Waals surface area (Å²) in [7, 11) is -0.314. The summed E-state index contributed by atoms with van der Waals surface area (Å²) in [6.07, 6.45) is 0. The second-order valence-corrected chi connectivity index (χ2v) is 7.94. The van der Waals surface area contributed by atoms with E-state index in [1.54, 1.807) is 49.3 Å². The summed E-state index contributed by atoms with van der Waals surface area (Å²) >= 11 is 0. The molecule has 0 aliphatic heterocycles. The minimum absolute atomic E-state index is 0.0125. The average Bonchev–Trinajstić information content (AvgIpc) is 2.54. The van der Waals surface area contributed by atoms with Gasteiger partial charge in [-0.2, -0.15) is 0 Å². The molecule has 6 nitrogen and oxygen atoms in total. The molecule has 2 aromatic carbocycles. The number of nitrogens with one attached hydrogen (secondary N) is 1. The molecular formula is C18H22N2O4S. The molecule has 7 heteroatoms. The van der Waals surface area contributed by atoms with E-state index in [9.17, 15) is 13.2 Å². The molecule has 134 valence electrons. The van der Waals surface area contributed by atoms with Crippen LogP contribution >= 0.6 is 0 Å². The fourth-order valence-corrected chi connectivity index (χ4v) is 3.44. The molecule has 0 unspecified atom stereocenters. The Hall–Kier alpha value is -2.54. The molecule has 0 aliphatic carbocycles. The van der Waals surface area contributed by atoms with Gasteiger partial charge in [0.05, 0.1) is 21.8 Å². The van der Waals surface area contributed by atoms with Gasteiger partial charge >= 0.3 is 5.97 Å². The normalized spacial score (nSPS) is 11.4. The number of aromatic carboxylic acids is 1. The van der Waals surface area contributed by atoms with Gasteiger partial charge in [0, 0.05) is 14.1 Å². The Morgan fingerprint density at radius 2 is 1.68 bits per heavy atom. The van der Waals surface area contributed by atoms with Crippen LogP contribution in [0, 0.1) is 0 Å². The number of rotatable bonds is 6. The van der Waals surface area contributed by atoms with Crippen molar-refractivity contribution < 1.29 is 18.3 Å². The van der Waals surface area contributed by atoms with Crippen LogP contribution in [0.4, 0.5) is 11.4 Å². The van der Waals surface area contributed by atoms with Gasteiger partial charge < -0.3 is 10.0 Å². The van der Waals surface area contributed by atoms with E-state index in [-0.39, 0.29) is 16.1 Å². The van der Waals surface area contributed by atoms with Gasteiger partial charge in [0.25, 0.3) is 10.0 Å². The first kappa shape index (κ1) is 18.8. The molecule has 0 atom stereocenters. The fourth-order valence-electron chi connectivity index (χ4n) is 2.38. The molecule has 25 heavy (non-hydrogen) atoms. The highest BCUT2D eigenvalue weighted by Gasteiger charge is 2.18. The second-order valence-electron chi connectivity index (χ2n) is 6.26. The monoisotopic (exact) mass is 362 g/mol. The van der Waals surface area contributed by atoms with Crippen LogP contribution < -0.4 is 9.62 Å². The summed E-state index contributed by atoms with van der Waals surface area (Å²) in [4.78, 5) is 13.0. The van der Waals surface area contributed by atoms with Crippen molar-refractivity contribution in [3.8, 4) is 0 Å². The summed E-state index contributed by atoms with van der Waals surface area (Å²) in [6.45, 7) is 4.06. The number of carbonyl (C=O) groups is 1. The van der Waals surface area contributed by atoms with Crippen molar-refractivity contribution in [1.82, 2.24) is 0 Å². The van der Waals surface area contributed by atoms with Crippen LogP contribution in [0.3, 0.4) is 0 Å². The summed E-state index contributed by atoms with van der Waals surface area (Å²) in [5.41, 5.74) is 1.85. The number of anilines is 2. The maximum Gasteiger partial charge on any atom is 0.335 e. The predicted octanol–water partition coefficient (Wildman–Crippen LogP) is 3.38. The molecule has 0 fully saturated rings. The molecule has 0 saturated heterocycles. The first-order chi connectivity index (χ1) is 11.6. The lowest BCUT2D eigenvalue weighted by molar-refractivity contribution is 0.0697. The lowest BCUT2D eigenvalue weighted by Gasteiger charge is -2.19. The Labute approximate surface area is 148 Å². The SMILES string of the molecule is CC(C)c1ccc(S(=O)(=O)Nc2cc(C(=O)O)ccc2N(C)C)cc1. The van der Waals surface area contributed by atoms with Gasteiger partial charge in [-0.25, -0.2) is 13.2 Å². The number of benzene rings is 2. The Bertz CT molecular complexity index is 872.